The van der Waals surface area contributed by atoms with Crippen LogP contribution >= 0.6 is 0 Å². The van der Waals surface area contributed by atoms with Gasteiger partial charge in [-0.15, -0.1) is 0 Å². The summed E-state index contributed by atoms with van der Waals surface area (Å²) in [5, 5.41) is 2.76. The van der Waals surface area contributed by atoms with E-state index in [0.717, 1.165) is 38.5 Å². The van der Waals surface area contributed by atoms with Crippen LogP contribution in [0.25, 0.3) is 0 Å². The number of ether oxygens (including phenoxy) is 3. The van der Waals surface area contributed by atoms with Crippen LogP contribution in [0.2, 0.25) is 0 Å². The lowest BCUT2D eigenvalue weighted by Crippen LogP contribution is -2.60. The van der Waals surface area contributed by atoms with Crippen LogP contribution in [-0.2, 0) is 23.8 Å². The highest BCUT2D eigenvalue weighted by atomic mass is 19.1. The predicted octanol–water partition coefficient (Wildman–Crippen LogP) is 12.9. The van der Waals surface area contributed by atoms with Gasteiger partial charge in [0, 0.05) is 38.4 Å². The van der Waals surface area contributed by atoms with Gasteiger partial charge in [-0.1, -0.05) is 194 Å². The Morgan fingerprint density at radius 3 is 1.16 bits per heavy atom. The van der Waals surface area contributed by atoms with E-state index in [1.807, 2.05) is 4.90 Å². The second kappa shape index (κ2) is 39.5. The number of carbonyl (C=O) groups is 3. The van der Waals surface area contributed by atoms with Crippen molar-refractivity contribution >= 4 is 18.0 Å². The molecule has 0 aromatic rings. The molecule has 10 heteroatoms. The largest absolute Gasteiger partial charge is 0.462 e. The molecule has 1 amide bonds. The van der Waals surface area contributed by atoms with Crippen LogP contribution in [-0.4, -0.2) is 81.3 Å². The highest BCUT2D eigenvalue weighted by molar-refractivity contribution is 5.70. The fraction of sp³-hybridized carbons (Fsp3) is 0.936. The SMILES string of the molecule is CCCCCCCCCCCCCCCCCC(=O)OCC(COC(=O)CCCCCCCCCCCCCCCCC)OC(=O)NC1CN(CC(CF)CF)C1. The molecule has 0 aromatic heterocycles. The molecule has 0 spiro atoms. The number of alkyl halides is 2. The van der Waals surface area contributed by atoms with Gasteiger partial charge in [-0.3, -0.25) is 23.3 Å². The smallest absolute Gasteiger partial charge is 0.407 e. The van der Waals surface area contributed by atoms with Gasteiger partial charge in [0.05, 0.1) is 19.4 Å². The molecule has 57 heavy (non-hydrogen) atoms. The summed E-state index contributed by atoms with van der Waals surface area (Å²) in [5.74, 6) is -1.36. The summed E-state index contributed by atoms with van der Waals surface area (Å²) in [4.78, 5) is 39.6. The van der Waals surface area contributed by atoms with Gasteiger partial charge in [0.1, 0.15) is 13.2 Å². The molecule has 1 aliphatic heterocycles. The number of nitrogens with one attached hydrogen (secondary N) is 1. The van der Waals surface area contributed by atoms with Crippen LogP contribution in [0.15, 0.2) is 0 Å². The third kappa shape index (κ3) is 33.5. The zero-order valence-electron chi connectivity index (χ0n) is 37.0. The van der Waals surface area contributed by atoms with Gasteiger partial charge in [-0.2, -0.15) is 0 Å². The van der Waals surface area contributed by atoms with Gasteiger partial charge < -0.3 is 19.5 Å². The minimum atomic E-state index is -0.932. The Hall–Kier alpha value is -1.97. The van der Waals surface area contributed by atoms with Crippen molar-refractivity contribution in [3.05, 3.63) is 0 Å². The molecule has 1 rings (SSSR count). The predicted molar refractivity (Wildman–Crippen MR) is 230 cm³/mol. The molecule has 0 unspecified atom stereocenters. The second-order valence-corrected chi connectivity index (χ2v) is 17.0. The number of halogens is 2. The number of esters is 2. The Morgan fingerprint density at radius 2 is 0.842 bits per heavy atom. The maximum Gasteiger partial charge on any atom is 0.407 e. The molecule has 8 nitrogen and oxygen atoms in total. The fourth-order valence-electron chi connectivity index (χ4n) is 7.58. The summed E-state index contributed by atoms with van der Waals surface area (Å²) in [5.41, 5.74) is 0. The monoisotopic (exact) mass is 815 g/mol. The van der Waals surface area contributed by atoms with E-state index in [9.17, 15) is 23.2 Å². The van der Waals surface area contributed by atoms with E-state index < -0.39 is 31.5 Å². The maximum atomic E-state index is 12.9. The van der Waals surface area contributed by atoms with Crippen molar-refractivity contribution in [2.75, 3.05) is 46.2 Å². The first-order chi connectivity index (χ1) is 27.9. The van der Waals surface area contributed by atoms with Gasteiger partial charge >= 0.3 is 18.0 Å². The highest BCUT2D eigenvalue weighted by Crippen LogP contribution is 2.17. The van der Waals surface area contributed by atoms with E-state index in [0.29, 0.717) is 32.5 Å². The van der Waals surface area contributed by atoms with Crippen LogP contribution in [0.4, 0.5) is 13.6 Å². The van der Waals surface area contributed by atoms with Gasteiger partial charge in [-0.25, -0.2) is 4.79 Å². The number of alkyl carbamates (subject to hydrolysis) is 1. The molecule has 1 fully saturated rings. The molecule has 1 saturated heterocycles. The summed E-state index contributed by atoms with van der Waals surface area (Å²) < 4.78 is 42.2. The third-order valence-corrected chi connectivity index (χ3v) is 11.3. The highest BCUT2D eigenvalue weighted by Gasteiger charge is 2.31. The Bertz CT molecular complexity index is 884. The van der Waals surface area contributed by atoms with Crippen LogP contribution < -0.4 is 5.32 Å². The molecular weight excluding hydrogens is 727 g/mol. The van der Waals surface area contributed by atoms with E-state index >= 15 is 0 Å². The molecule has 1 aliphatic rings. The molecule has 336 valence electrons. The molecule has 0 bridgehead atoms. The van der Waals surface area contributed by atoms with Crippen molar-refractivity contribution in [3.63, 3.8) is 0 Å². The fourth-order valence-corrected chi connectivity index (χ4v) is 7.58. The van der Waals surface area contributed by atoms with Crippen molar-refractivity contribution in [1.82, 2.24) is 10.2 Å². The topological polar surface area (TPSA) is 94.2 Å². The molecular formula is C47H88F2N2O6. The van der Waals surface area contributed by atoms with Gasteiger partial charge in [-0.05, 0) is 12.8 Å². The van der Waals surface area contributed by atoms with Crippen molar-refractivity contribution in [2.45, 2.75) is 231 Å². The summed E-state index contributed by atoms with van der Waals surface area (Å²) in [6, 6.07) is -0.210. The molecule has 1 heterocycles. The lowest BCUT2D eigenvalue weighted by Gasteiger charge is -2.40. The van der Waals surface area contributed by atoms with Crippen LogP contribution in [0.3, 0.4) is 0 Å². The lowest BCUT2D eigenvalue weighted by atomic mass is 10.0. The molecule has 1 N–H and O–H groups in total. The molecule has 0 radical (unpaired) electrons. The van der Waals surface area contributed by atoms with E-state index in [-0.39, 0.29) is 31.2 Å². The minimum absolute atomic E-state index is 0.192. The average molecular weight is 815 g/mol. The summed E-state index contributed by atoms with van der Waals surface area (Å²) >= 11 is 0. The lowest BCUT2D eigenvalue weighted by molar-refractivity contribution is -0.152. The van der Waals surface area contributed by atoms with Gasteiger partial charge in [0.2, 0.25) is 0 Å². The Morgan fingerprint density at radius 1 is 0.526 bits per heavy atom. The number of rotatable bonds is 42. The van der Waals surface area contributed by atoms with E-state index in [1.165, 1.54) is 154 Å². The minimum Gasteiger partial charge on any atom is -0.462 e. The number of hydrogen-bond acceptors (Lipinski definition) is 7. The van der Waals surface area contributed by atoms with Gasteiger partial charge in [0.15, 0.2) is 6.10 Å². The summed E-state index contributed by atoms with van der Waals surface area (Å²) in [6.45, 7) is 3.94. The average Bonchev–Trinajstić information content (AvgIpc) is 3.19. The summed E-state index contributed by atoms with van der Waals surface area (Å²) in [6.07, 6.45) is 36.5. The van der Waals surface area contributed by atoms with E-state index in [2.05, 4.69) is 19.2 Å². The van der Waals surface area contributed by atoms with Crippen molar-refractivity contribution in [1.29, 1.82) is 0 Å². The molecule has 0 aliphatic carbocycles. The number of nitrogens with zero attached hydrogens (tertiary/aromatic N) is 1. The quantitative estimate of drug-likeness (QED) is 0.0372. The molecule has 0 aromatic carbocycles. The first-order valence-electron chi connectivity index (χ1n) is 24.0. The number of amides is 1. The number of unbranched alkanes of at least 4 members (excludes halogenated alkanes) is 28. The van der Waals surface area contributed by atoms with E-state index in [1.54, 1.807) is 0 Å². The number of likely N-dealkylation sites (tertiary alicyclic amines) is 1. The second-order valence-electron chi connectivity index (χ2n) is 17.0. The zero-order valence-corrected chi connectivity index (χ0v) is 37.0. The Labute approximate surface area is 348 Å². The zero-order chi connectivity index (χ0) is 41.4. The first kappa shape index (κ1) is 53.0. The molecule has 0 atom stereocenters. The third-order valence-electron chi connectivity index (χ3n) is 11.3. The Kier molecular flexibility index (Phi) is 36.8. The van der Waals surface area contributed by atoms with Crippen LogP contribution in [0, 0.1) is 5.92 Å². The maximum absolute atomic E-state index is 12.9. The Balaban J connectivity index is 2.25. The standard InChI is InChI=1S/C47H88F2N2O6/c1-3-5-7-9-11-13-15-17-19-21-23-25-27-29-31-33-45(52)55-40-44(57-47(54)50-43-38-51(39-43)37-42(35-48)36-49)41-56-46(53)34-32-30-28-26-24-22-20-18-16-14-12-10-8-6-4-2/h42-44H,3-41H2,1-2H3,(H,50,54). The first-order valence-corrected chi connectivity index (χ1v) is 24.0. The van der Waals surface area contributed by atoms with Crippen LogP contribution in [0.1, 0.15) is 219 Å². The normalized spacial score (nSPS) is 13.3. The van der Waals surface area contributed by atoms with Crippen molar-refractivity contribution < 1.29 is 37.4 Å². The van der Waals surface area contributed by atoms with Crippen molar-refractivity contribution in [3.8, 4) is 0 Å². The van der Waals surface area contributed by atoms with Crippen LogP contribution in [0.5, 0.6) is 0 Å². The van der Waals surface area contributed by atoms with Crippen molar-refractivity contribution in [2.24, 2.45) is 5.92 Å². The summed E-state index contributed by atoms with van der Waals surface area (Å²) in [7, 11) is 0. The number of hydrogen-bond donors (Lipinski definition) is 1. The number of carbonyl (C=O) groups excluding carboxylic acids is 3. The van der Waals surface area contributed by atoms with E-state index in [4.69, 9.17) is 14.2 Å². The molecule has 0 saturated carbocycles. The van der Waals surface area contributed by atoms with Gasteiger partial charge in [0.25, 0.3) is 0 Å².